The van der Waals surface area contributed by atoms with Crippen LogP contribution in [-0.2, 0) is 28.6 Å². The van der Waals surface area contributed by atoms with Gasteiger partial charge in [-0.05, 0) is 70.6 Å². The maximum Gasteiger partial charge on any atom is 0.362 e. The van der Waals surface area contributed by atoms with E-state index in [4.69, 9.17) is 14.2 Å². The highest BCUT2D eigenvalue weighted by Gasteiger charge is 2.31. The summed E-state index contributed by atoms with van der Waals surface area (Å²) in [6.45, 7) is 4.41. The second-order valence-electron chi connectivity index (χ2n) is 13.1. The summed E-state index contributed by atoms with van der Waals surface area (Å²) in [5.74, 6) is -1.55. The molecule has 0 aliphatic carbocycles. The minimum absolute atomic E-state index is 0.0380. The van der Waals surface area contributed by atoms with E-state index in [2.05, 4.69) is 74.6 Å². The molecule has 2 atom stereocenters. The molecule has 0 bridgehead atoms. The number of esters is 2. The molecule has 0 heterocycles. The van der Waals surface area contributed by atoms with Gasteiger partial charge < -0.3 is 23.8 Å². The Bertz CT molecular complexity index is 975. The number of carboxylic acid groups (broad SMARTS) is 1. The second-order valence-corrected chi connectivity index (χ2v) is 13.1. The first kappa shape index (κ1) is 45.0. The minimum Gasteiger partial charge on any atom is -0.477 e. The van der Waals surface area contributed by atoms with E-state index in [0.29, 0.717) is 19.3 Å². The zero-order valence-corrected chi connectivity index (χ0v) is 30.9. The van der Waals surface area contributed by atoms with Gasteiger partial charge in [0.15, 0.2) is 12.1 Å². The van der Waals surface area contributed by atoms with Gasteiger partial charge in [0.25, 0.3) is 0 Å². The molecule has 0 spiro atoms. The fourth-order valence-corrected chi connectivity index (χ4v) is 4.85. The van der Waals surface area contributed by atoms with Gasteiger partial charge in [-0.25, -0.2) is 4.79 Å². The number of aliphatic carboxylic acids is 1. The number of quaternary nitrogens is 1. The van der Waals surface area contributed by atoms with Crippen molar-refractivity contribution in [2.75, 3.05) is 41.0 Å². The van der Waals surface area contributed by atoms with Gasteiger partial charge >= 0.3 is 17.9 Å². The highest BCUT2D eigenvalue weighted by atomic mass is 16.6. The van der Waals surface area contributed by atoms with E-state index in [-0.39, 0.29) is 42.7 Å². The van der Waals surface area contributed by atoms with Gasteiger partial charge in [0.05, 0.1) is 34.4 Å². The topological polar surface area (TPSA) is 99.1 Å². The van der Waals surface area contributed by atoms with Crippen LogP contribution in [0.25, 0.3) is 0 Å². The molecule has 1 N–H and O–H groups in total. The summed E-state index contributed by atoms with van der Waals surface area (Å²) in [5, 5.41) is 9.57. The fraction of sp³-hybridized carbons (Fsp3) is 0.675. The molecule has 0 aliphatic heterocycles. The number of hydrogen-bond donors (Lipinski definition) is 1. The van der Waals surface area contributed by atoms with Gasteiger partial charge in [0, 0.05) is 19.3 Å². The summed E-state index contributed by atoms with van der Waals surface area (Å²) in [7, 11) is 5.48. The molecule has 48 heavy (non-hydrogen) atoms. The van der Waals surface area contributed by atoms with Crippen LogP contribution in [0.4, 0.5) is 0 Å². The van der Waals surface area contributed by atoms with Crippen molar-refractivity contribution in [3.63, 3.8) is 0 Å². The average molecular weight is 675 g/mol. The van der Waals surface area contributed by atoms with Crippen molar-refractivity contribution in [1.82, 2.24) is 0 Å². The first-order valence-corrected chi connectivity index (χ1v) is 18.3. The lowest BCUT2D eigenvalue weighted by molar-refractivity contribution is -0.887. The van der Waals surface area contributed by atoms with Gasteiger partial charge in [-0.15, -0.1) is 0 Å². The van der Waals surface area contributed by atoms with Crippen LogP contribution in [0.1, 0.15) is 123 Å². The van der Waals surface area contributed by atoms with E-state index in [9.17, 15) is 19.5 Å². The molecule has 0 aromatic heterocycles. The van der Waals surface area contributed by atoms with Crippen LogP contribution < -0.4 is 0 Å². The Balaban J connectivity index is 4.54. The first-order valence-electron chi connectivity index (χ1n) is 18.3. The summed E-state index contributed by atoms with van der Waals surface area (Å²) in [6, 6.07) is -0.624. The Morgan fingerprint density at radius 2 is 1.10 bits per heavy atom. The van der Waals surface area contributed by atoms with Crippen molar-refractivity contribution in [2.45, 2.75) is 135 Å². The number of nitrogens with zero attached hydrogens (tertiary/aromatic N) is 1. The zero-order chi connectivity index (χ0) is 35.7. The van der Waals surface area contributed by atoms with Crippen molar-refractivity contribution in [2.24, 2.45) is 0 Å². The molecule has 0 rings (SSSR count). The van der Waals surface area contributed by atoms with Crippen molar-refractivity contribution in [1.29, 1.82) is 0 Å². The van der Waals surface area contributed by atoms with Gasteiger partial charge in [0.1, 0.15) is 6.61 Å². The largest absolute Gasteiger partial charge is 0.477 e. The molecule has 274 valence electrons. The molecule has 0 fully saturated rings. The van der Waals surface area contributed by atoms with E-state index in [0.717, 1.165) is 83.5 Å². The molecule has 8 nitrogen and oxygen atoms in total. The van der Waals surface area contributed by atoms with Crippen LogP contribution in [-0.4, -0.2) is 80.6 Å². The Morgan fingerprint density at radius 1 is 0.625 bits per heavy atom. The third-order valence-corrected chi connectivity index (χ3v) is 7.66. The van der Waals surface area contributed by atoms with Crippen LogP contribution in [0.5, 0.6) is 0 Å². The van der Waals surface area contributed by atoms with Crippen molar-refractivity contribution in [3.05, 3.63) is 60.8 Å². The zero-order valence-electron chi connectivity index (χ0n) is 30.9. The molecule has 0 saturated carbocycles. The van der Waals surface area contributed by atoms with Gasteiger partial charge in [-0.1, -0.05) is 93.9 Å². The number of carbonyl (C=O) groups is 3. The number of hydrogen-bond acceptors (Lipinski definition) is 6. The lowest BCUT2D eigenvalue weighted by atomic mass is 10.1. The average Bonchev–Trinajstić information content (AvgIpc) is 3.03. The SMILES string of the molecule is CC/C=C/C/C=C/C/C=C/CCCCC(=O)OC(COCCC(C(=O)O)[N+](C)(C)C)COC(=O)CCCCCCC/C=C/C/C=C/CC. The fourth-order valence-electron chi connectivity index (χ4n) is 4.85. The van der Waals surface area contributed by atoms with E-state index in [1.165, 1.54) is 0 Å². The minimum atomic E-state index is -0.888. The highest BCUT2D eigenvalue weighted by Crippen LogP contribution is 2.12. The van der Waals surface area contributed by atoms with Crippen LogP contribution in [0.2, 0.25) is 0 Å². The van der Waals surface area contributed by atoms with E-state index in [1.807, 2.05) is 21.1 Å². The summed E-state index contributed by atoms with van der Waals surface area (Å²) >= 11 is 0. The second kappa shape index (κ2) is 31.3. The summed E-state index contributed by atoms with van der Waals surface area (Å²) in [6.07, 6.45) is 35.6. The van der Waals surface area contributed by atoms with E-state index in [1.54, 1.807) is 0 Å². The van der Waals surface area contributed by atoms with Gasteiger partial charge in [-0.3, -0.25) is 9.59 Å². The molecular weight excluding hydrogens is 606 g/mol. The number of rotatable bonds is 31. The number of carboxylic acids is 1. The Labute approximate surface area is 292 Å². The predicted molar refractivity (Wildman–Crippen MR) is 197 cm³/mol. The van der Waals surface area contributed by atoms with E-state index >= 15 is 0 Å². The van der Waals surface area contributed by atoms with Gasteiger partial charge in [0.2, 0.25) is 0 Å². The maximum absolute atomic E-state index is 12.6. The molecule has 0 aromatic carbocycles. The van der Waals surface area contributed by atoms with Crippen molar-refractivity contribution in [3.8, 4) is 0 Å². The van der Waals surface area contributed by atoms with Crippen LogP contribution in [0, 0.1) is 0 Å². The quantitative estimate of drug-likeness (QED) is 0.0339. The number of likely N-dealkylation sites (N-methyl/N-ethyl adjacent to an activating group) is 1. The Hall–Kier alpha value is -2.97. The number of ether oxygens (including phenoxy) is 3. The molecule has 0 saturated heterocycles. The van der Waals surface area contributed by atoms with E-state index < -0.39 is 18.1 Å². The van der Waals surface area contributed by atoms with Crippen LogP contribution in [0.3, 0.4) is 0 Å². The number of carbonyl (C=O) groups excluding carboxylic acids is 2. The Morgan fingerprint density at radius 3 is 1.67 bits per heavy atom. The molecule has 0 aliphatic rings. The molecule has 0 radical (unpaired) electrons. The molecule has 2 unspecified atom stereocenters. The third-order valence-electron chi connectivity index (χ3n) is 7.66. The normalized spacial score (nSPS) is 13.8. The number of allylic oxidation sites excluding steroid dienone is 10. The van der Waals surface area contributed by atoms with Crippen LogP contribution in [0.15, 0.2) is 60.8 Å². The highest BCUT2D eigenvalue weighted by molar-refractivity contribution is 5.72. The Kier molecular flexibility index (Phi) is 29.4. The predicted octanol–water partition coefficient (Wildman–Crippen LogP) is 9.07. The monoisotopic (exact) mass is 674 g/mol. The first-order chi connectivity index (χ1) is 23.1. The van der Waals surface area contributed by atoms with Crippen LogP contribution >= 0.6 is 0 Å². The molecular formula is C40H68NO7+. The maximum atomic E-state index is 12.6. The lowest BCUT2D eigenvalue weighted by Crippen LogP contribution is -2.50. The van der Waals surface area contributed by atoms with Gasteiger partial charge in [-0.2, -0.15) is 0 Å². The molecule has 0 aromatic rings. The summed E-state index contributed by atoms with van der Waals surface area (Å²) < 4.78 is 17.1. The summed E-state index contributed by atoms with van der Waals surface area (Å²) in [5.41, 5.74) is 0. The molecule has 8 heteroatoms. The van der Waals surface area contributed by atoms with Crippen molar-refractivity contribution >= 4 is 17.9 Å². The standard InChI is InChI=1S/C40H67NO7/c1-6-8-10-12-14-16-18-20-22-24-26-28-30-38(42)47-35-36(34-46-33-32-37(40(44)45)41(3,4)5)48-39(43)31-29-27-25-23-21-19-17-15-13-11-9-7-2/h8-11,14-17,21,23,36-37H,6-7,12-13,18-20,22,24-35H2,1-5H3/p+1/b10-8+,11-9+,16-14+,17-15+,23-21+. The summed E-state index contributed by atoms with van der Waals surface area (Å²) in [4.78, 5) is 36.7. The third kappa shape index (κ3) is 29.2. The smallest absolute Gasteiger partial charge is 0.362 e. The number of unbranched alkanes of at least 4 members (excludes halogenated alkanes) is 7. The molecule has 0 amide bonds. The van der Waals surface area contributed by atoms with Crippen molar-refractivity contribution < 1.29 is 38.2 Å². The lowest BCUT2D eigenvalue weighted by Gasteiger charge is -2.31.